The molecule has 0 aliphatic rings. The van der Waals surface area contributed by atoms with Crippen molar-refractivity contribution in [2.45, 2.75) is 13.8 Å². The van der Waals surface area contributed by atoms with Crippen molar-refractivity contribution in [2.24, 2.45) is 0 Å². The first-order chi connectivity index (χ1) is 7.66. The van der Waals surface area contributed by atoms with Crippen LogP contribution in [0.4, 0.5) is 11.4 Å². The first kappa shape index (κ1) is 11.0. The lowest BCUT2D eigenvalue weighted by Gasteiger charge is -2.12. The number of halogens is 1. The summed E-state index contributed by atoms with van der Waals surface area (Å²) in [6.45, 7) is 4.20. The molecule has 1 N–H and O–H groups in total. The second kappa shape index (κ2) is 4.58. The van der Waals surface area contributed by atoms with Gasteiger partial charge in [-0.25, -0.2) is 0 Å². The fourth-order valence-corrected chi connectivity index (χ4v) is 1.82. The third-order valence-corrected chi connectivity index (χ3v) is 2.85. The van der Waals surface area contributed by atoms with Crippen molar-refractivity contribution in [1.29, 1.82) is 0 Å². The molecule has 0 bridgehead atoms. The van der Waals surface area contributed by atoms with Crippen LogP contribution < -0.4 is 5.32 Å². The summed E-state index contributed by atoms with van der Waals surface area (Å²) in [5, 5.41) is 4.17. The summed E-state index contributed by atoms with van der Waals surface area (Å²) >= 11 is 5.85. The molecule has 0 fully saturated rings. The Morgan fingerprint density at radius 2 is 1.44 bits per heavy atom. The molecule has 0 unspecified atom stereocenters. The molecule has 0 aliphatic heterocycles. The number of para-hydroxylation sites is 1. The molecule has 0 spiro atoms. The van der Waals surface area contributed by atoms with Gasteiger partial charge >= 0.3 is 0 Å². The van der Waals surface area contributed by atoms with Gasteiger partial charge in [0.25, 0.3) is 0 Å². The van der Waals surface area contributed by atoms with Crippen molar-refractivity contribution in [3.63, 3.8) is 0 Å². The van der Waals surface area contributed by atoms with Crippen molar-refractivity contribution in [1.82, 2.24) is 0 Å². The predicted octanol–water partition coefficient (Wildman–Crippen LogP) is 4.70. The van der Waals surface area contributed by atoms with Gasteiger partial charge in [-0.1, -0.05) is 29.8 Å². The van der Waals surface area contributed by atoms with Gasteiger partial charge in [-0.3, -0.25) is 0 Å². The third kappa shape index (κ3) is 2.37. The first-order valence-electron chi connectivity index (χ1n) is 5.25. The Morgan fingerprint density at radius 1 is 0.875 bits per heavy atom. The molecule has 16 heavy (non-hydrogen) atoms. The van der Waals surface area contributed by atoms with Crippen molar-refractivity contribution < 1.29 is 0 Å². The van der Waals surface area contributed by atoms with Gasteiger partial charge in [0, 0.05) is 16.4 Å². The summed E-state index contributed by atoms with van der Waals surface area (Å²) in [4.78, 5) is 0. The smallest absolute Gasteiger partial charge is 0.0443 e. The van der Waals surface area contributed by atoms with E-state index < -0.39 is 0 Å². The standard InChI is InChI=1S/C14H14ClN/c1-10-4-3-5-11(2)14(10)16-13-8-6-12(15)7-9-13/h3-9,16H,1-2H3. The van der Waals surface area contributed by atoms with Crippen molar-refractivity contribution in [2.75, 3.05) is 5.32 Å². The molecule has 0 heterocycles. The Bertz CT molecular complexity index is 468. The molecular weight excluding hydrogens is 218 g/mol. The van der Waals surface area contributed by atoms with Gasteiger partial charge in [-0.2, -0.15) is 0 Å². The molecule has 2 aromatic carbocycles. The average Bonchev–Trinajstić information content (AvgIpc) is 2.26. The maximum atomic E-state index is 5.85. The van der Waals surface area contributed by atoms with E-state index in [1.54, 1.807) is 0 Å². The number of hydrogen-bond donors (Lipinski definition) is 1. The lowest BCUT2D eigenvalue weighted by Crippen LogP contribution is -1.95. The van der Waals surface area contributed by atoms with Crippen molar-refractivity contribution in [3.05, 3.63) is 58.6 Å². The third-order valence-electron chi connectivity index (χ3n) is 2.59. The molecule has 0 atom stereocenters. The molecule has 2 aromatic rings. The van der Waals surface area contributed by atoms with E-state index in [9.17, 15) is 0 Å². The minimum absolute atomic E-state index is 0.757. The highest BCUT2D eigenvalue weighted by Crippen LogP contribution is 2.24. The molecule has 0 radical (unpaired) electrons. The minimum Gasteiger partial charge on any atom is -0.355 e. The maximum absolute atomic E-state index is 5.85. The summed E-state index contributed by atoms with van der Waals surface area (Å²) in [6, 6.07) is 14.0. The fraction of sp³-hybridized carbons (Fsp3) is 0.143. The van der Waals surface area contributed by atoms with E-state index in [0.717, 1.165) is 10.7 Å². The second-order valence-electron chi connectivity index (χ2n) is 3.90. The number of hydrogen-bond acceptors (Lipinski definition) is 1. The van der Waals surface area contributed by atoms with Crippen LogP contribution in [0, 0.1) is 13.8 Å². The summed E-state index contributed by atoms with van der Waals surface area (Å²) < 4.78 is 0. The monoisotopic (exact) mass is 231 g/mol. The maximum Gasteiger partial charge on any atom is 0.0443 e. The van der Waals surface area contributed by atoms with Gasteiger partial charge in [0.05, 0.1) is 0 Å². The number of rotatable bonds is 2. The Balaban J connectivity index is 2.30. The topological polar surface area (TPSA) is 12.0 Å². The van der Waals surface area contributed by atoms with E-state index in [1.807, 2.05) is 24.3 Å². The quantitative estimate of drug-likeness (QED) is 0.790. The SMILES string of the molecule is Cc1cccc(C)c1Nc1ccc(Cl)cc1. The molecule has 0 aliphatic carbocycles. The zero-order valence-electron chi connectivity index (χ0n) is 9.42. The van der Waals surface area contributed by atoms with Crippen LogP contribution in [0.15, 0.2) is 42.5 Å². The Labute approximate surface area is 101 Å². The van der Waals surface area contributed by atoms with Crippen molar-refractivity contribution in [3.8, 4) is 0 Å². The highest BCUT2D eigenvalue weighted by molar-refractivity contribution is 6.30. The van der Waals surface area contributed by atoms with Gasteiger partial charge in [0.15, 0.2) is 0 Å². The van der Waals surface area contributed by atoms with Crippen LogP contribution in [-0.4, -0.2) is 0 Å². The lowest BCUT2D eigenvalue weighted by atomic mass is 10.1. The van der Waals surface area contributed by atoms with Gasteiger partial charge in [-0.15, -0.1) is 0 Å². The van der Waals surface area contributed by atoms with Gasteiger partial charge in [-0.05, 0) is 49.2 Å². The highest BCUT2D eigenvalue weighted by Gasteiger charge is 2.01. The number of aryl methyl sites for hydroxylation is 2. The lowest BCUT2D eigenvalue weighted by molar-refractivity contribution is 1.36. The van der Waals surface area contributed by atoms with Crippen LogP contribution in [0.25, 0.3) is 0 Å². The first-order valence-corrected chi connectivity index (χ1v) is 5.63. The fourth-order valence-electron chi connectivity index (χ4n) is 1.69. The molecule has 0 saturated heterocycles. The molecule has 0 saturated carbocycles. The number of nitrogens with one attached hydrogen (secondary N) is 1. The van der Waals surface area contributed by atoms with Gasteiger partial charge in [0.1, 0.15) is 0 Å². The van der Waals surface area contributed by atoms with Crippen molar-refractivity contribution >= 4 is 23.0 Å². The summed E-state index contributed by atoms with van der Waals surface area (Å²) in [7, 11) is 0. The van der Waals surface area contributed by atoms with E-state index in [1.165, 1.54) is 16.8 Å². The molecule has 2 rings (SSSR count). The van der Waals surface area contributed by atoms with E-state index >= 15 is 0 Å². The molecule has 0 aromatic heterocycles. The molecule has 1 nitrogen and oxygen atoms in total. The summed E-state index contributed by atoms with van der Waals surface area (Å²) in [5.41, 5.74) is 4.72. The Kier molecular flexibility index (Phi) is 3.16. The van der Waals surface area contributed by atoms with E-state index in [2.05, 4.69) is 37.4 Å². The second-order valence-corrected chi connectivity index (χ2v) is 4.34. The van der Waals surface area contributed by atoms with Gasteiger partial charge < -0.3 is 5.32 Å². The van der Waals surface area contributed by atoms with Crippen LogP contribution in [0.2, 0.25) is 5.02 Å². The Hall–Kier alpha value is -1.47. The van der Waals surface area contributed by atoms with Gasteiger partial charge in [0.2, 0.25) is 0 Å². The van der Waals surface area contributed by atoms with Crippen LogP contribution >= 0.6 is 11.6 Å². The van der Waals surface area contributed by atoms with E-state index in [0.29, 0.717) is 0 Å². The van der Waals surface area contributed by atoms with E-state index in [-0.39, 0.29) is 0 Å². The normalized spacial score (nSPS) is 10.2. The van der Waals surface area contributed by atoms with Crippen LogP contribution in [0.1, 0.15) is 11.1 Å². The largest absolute Gasteiger partial charge is 0.355 e. The molecule has 82 valence electrons. The molecule has 0 amide bonds. The van der Waals surface area contributed by atoms with Crippen LogP contribution in [0.5, 0.6) is 0 Å². The summed E-state index contributed by atoms with van der Waals surface area (Å²) in [5.74, 6) is 0. The van der Waals surface area contributed by atoms with Crippen LogP contribution in [-0.2, 0) is 0 Å². The summed E-state index contributed by atoms with van der Waals surface area (Å²) in [6.07, 6.45) is 0. The van der Waals surface area contributed by atoms with Crippen LogP contribution in [0.3, 0.4) is 0 Å². The average molecular weight is 232 g/mol. The Morgan fingerprint density at radius 3 is 2.00 bits per heavy atom. The minimum atomic E-state index is 0.757. The molecular formula is C14H14ClN. The zero-order valence-corrected chi connectivity index (χ0v) is 10.2. The zero-order chi connectivity index (χ0) is 11.5. The highest BCUT2D eigenvalue weighted by atomic mass is 35.5. The number of benzene rings is 2. The predicted molar refractivity (Wildman–Crippen MR) is 70.7 cm³/mol. The number of anilines is 2. The van der Waals surface area contributed by atoms with E-state index in [4.69, 9.17) is 11.6 Å². The molecule has 2 heteroatoms.